The lowest BCUT2D eigenvalue weighted by Gasteiger charge is -2.02. The normalized spacial score (nSPS) is 11.5. The van der Waals surface area contributed by atoms with E-state index in [4.69, 9.17) is 5.11 Å². The van der Waals surface area contributed by atoms with Crippen molar-refractivity contribution in [3.8, 4) is 0 Å². The molecular formula is C8H11NO5S. The number of H-pyrrole nitrogens is 1. The number of hydrogen-bond donors (Lipinski definition) is 2. The van der Waals surface area contributed by atoms with Gasteiger partial charge in [-0.1, -0.05) is 0 Å². The molecule has 2 N–H and O–H groups in total. The van der Waals surface area contributed by atoms with E-state index >= 15 is 0 Å². The van der Waals surface area contributed by atoms with Crippen molar-refractivity contribution < 1.29 is 22.5 Å². The molecule has 1 aromatic heterocycles. The van der Waals surface area contributed by atoms with E-state index in [1.807, 2.05) is 0 Å². The second-order valence-electron chi connectivity index (χ2n) is 2.78. The molecule has 7 heteroatoms. The van der Waals surface area contributed by atoms with Crippen molar-refractivity contribution in [1.29, 1.82) is 0 Å². The molecule has 1 heterocycles. The lowest BCUT2D eigenvalue weighted by molar-refractivity contribution is 0.0696. The van der Waals surface area contributed by atoms with Gasteiger partial charge in [0.05, 0.1) is 12.2 Å². The molecule has 0 unspecified atom stereocenters. The van der Waals surface area contributed by atoms with Crippen LogP contribution in [0, 0.1) is 0 Å². The maximum Gasteiger partial charge on any atom is 0.337 e. The minimum absolute atomic E-state index is 0.0332. The lowest BCUT2D eigenvalue weighted by atomic mass is 10.3. The summed E-state index contributed by atoms with van der Waals surface area (Å²) < 4.78 is 27.0. The summed E-state index contributed by atoms with van der Waals surface area (Å²) in [6.07, 6.45) is 1.38. The number of carboxylic acid groups (broad SMARTS) is 1. The molecule has 84 valence electrons. The summed E-state index contributed by atoms with van der Waals surface area (Å²) in [5.41, 5.74) is 0.0641. The van der Waals surface area contributed by atoms with Crippen LogP contribution in [0.2, 0.25) is 0 Å². The van der Waals surface area contributed by atoms with E-state index in [-0.39, 0.29) is 17.9 Å². The second kappa shape index (κ2) is 4.45. The van der Waals surface area contributed by atoms with Crippen LogP contribution in [-0.4, -0.2) is 31.1 Å². The lowest BCUT2D eigenvalue weighted by Crippen LogP contribution is -2.11. The zero-order valence-electron chi connectivity index (χ0n) is 8.06. The monoisotopic (exact) mass is 233 g/mol. The molecule has 0 saturated carbocycles. The van der Waals surface area contributed by atoms with E-state index in [0.29, 0.717) is 0 Å². The smallest absolute Gasteiger partial charge is 0.337 e. The molecule has 0 aliphatic rings. The van der Waals surface area contributed by atoms with Crippen molar-refractivity contribution in [1.82, 2.24) is 4.98 Å². The summed E-state index contributed by atoms with van der Waals surface area (Å²) in [5.74, 6) is -1.63. The van der Waals surface area contributed by atoms with E-state index in [1.165, 1.54) is 12.3 Å². The summed E-state index contributed by atoms with van der Waals surface area (Å²) in [6.45, 7) is 1.58. The Labute approximate surface area is 87.0 Å². The Kier molecular flexibility index (Phi) is 3.48. The first kappa shape index (κ1) is 11.7. The SMILES string of the molecule is CCOS(=O)(=O)Cc1[nH]ccc1C(=O)O. The van der Waals surface area contributed by atoms with Crippen molar-refractivity contribution in [3.05, 3.63) is 23.5 Å². The van der Waals surface area contributed by atoms with Gasteiger partial charge in [0.25, 0.3) is 10.1 Å². The number of aromatic nitrogens is 1. The topological polar surface area (TPSA) is 96.5 Å². The number of nitrogens with one attached hydrogen (secondary N) is 1. The predicted octanol–water partition coefficient (Wildman–Crippen LogP) is 0.579. The average molecular weight is 233 g/mol. The first-order valence-corrected chi connectivity index (χ1v) is 5.80. The molecule has 1 aromatic rings. The Morgan fingerprint density at radius 3 is 2.80 bits per heavy atom. The Morgan fingerprint density at radius 2 is 2.27 bits per heavy atom. The van der Waals surface area contributed by atoms with Crippen LogP contribution in [0.25, 0.3) is 0 Å². The van der Waals surface area contributed by atoms with Crippen LogP contribution in [-0.2, 0) is 20.1 Å². The number of carboxylic acids is 1. The van der Waals surface area contributed by atoms with E-state index in [0.717, 1.165) is 0 Å². The molecule has 0 aliphatic heterocycles. The van der Waals surface area contributed by atoms with Gasteiger partial charge < -0.3 is 10.1 Å². The summed E-state index contributed by atoms with van der Waals surface area (Å²) in [4.78, 5) is 13.2. The highest BCUT2D eigenvalue weighted by molar-refractivity contribution is 7.85. The molecule has 0 atom stereocenters. The van der Waals surface area contributed by atoms with Crippen LogP contribution in [0.1, 0.15) is 23.0 Å². The number of aromatic carboxylic acids is 1. The van der Waals surface area contributed by atoms with Crippen LogP contribution in [0.3, 0.4) is 0 Å². The van der Waals surface area contributed by atoms with Crippen molar-refractivity contribution in [3.63, 3.8) is 0 Å². The minimum Gasteiger partial charge on any atom is -0.478 e. The number of carbonyl (C=O) groups is 1. The van der Waals surface area contributed by atoms with Gasteiger partial charge >= 0.3 is 5.97 Å². The third kappa shape index (κ3) is 3.07. The molecule has 6 nitrogen and oxygen atoms in total. The summed E-state index contributed by atoms with van der Waals surface area (Å²) >= 11 is 0. The summed E-state index contributed by atoms with van der Waals surface area (Å²) in [7, 11) is -3.71. The number of hydrogen-bond acceptors (Lipinski definition) is 4. The first-order chi connectivity index (χ1) is 6.96. The minimum atomic E-state index is -3.71. The first-order valence-electron chi connectivity index (χ1n) is 4.23. The Hall–Kier alpha value is -1.34. The summed E-state index contributed by atoms with van der Waals surface area (Å²) in [6, 6.07) is 1.30. The van der Waals surface area contributed by atoms with Crippen molar-refractivity contribution >= 4 is 16.1 Å². The molecule has 15 heavy (non-hydrogen) atoms. The van der Waals surface area contributed by atoms with Crippen molar-refractivity contribution in [2.75, 3.05) is 6.61 Å². The molecule has 0 saturated heterocycles. The fourth-order valence-electron chi connectivity index (χ4n) is 1.12. The van der Waals surface area contributed by atoms with Gasteiger partial charge in [-0.3, -0.25) is 4.18 Å². The quantitative estimate of drug-likeness (QED) is 0.725. The second-order valence-corrected chi connectivity index (χ2v) is 4.42. The molecule has 1 rings (SSSR count). The molecule has 0 spiro atoms. The van der Waals surface area contributed by atoms with E-state index < -0.39 is 21.8 Å². The zero-order chi connectivity index (χ0) is 11.5. The molecule has 0 amide bonds. The van der Waals surface area contributed by atoms with Gasteiger partial charge in [-0.15, -0.1) is 0 Å². The van der Waals surface area contributed by atoms with E-state index in [9.17, 15) is 13.2 Å². The Balaban J connectivity index is 2.90. The highest BCUT2D eigenvalue weighted by Crippen LogP contribution is 2.11. The Bertz CT molecular complexity index is 447. The van der Waals surface area contributed by atoms with Crippen LogP contribution in [0.5, 0.6) is 0 Å². The number of rotatable bonds is 5. The molecule has 0 bridgehead atoms. The molecule has 0 aliphatic carbocycles. The van der Waals surface area contributed by atoms with Crippen LogP contribution < -0.4 is 0 Å². The van der Waals surface area contributed by atoms with E-state index in [1.54, 1.807) is 6.92 Å². The maximum absolute atomic E-state index is 11.2. The highest BCUT2D eigenvalue weighted by atomic mass is 32.2. The van der Waals surface area contributed by atoms with Crippen molar-refractivity contribution in [2.24, 2.45) is 0 Å². The molecular weight excluding hydrogens is 222 g/mol. The third-order valence-corrected chi connectivity index (χ3v) is 2.92. The highest BCUT2D eigenvalue weighted by Gasteiger charge is 2.18. The van der Waals surface area contributed by atoms with Gasteiger partial charge in [0, 0.05) is 11.9 Å². The third-order valence-electron chi connectivity index (χ3n) is 1.68. The molecule has 0 aromatic carbocycles. The van der Waals surface area contributed by atoms with E-state index in [2.05, 4.69) is 9.17 Å². The van der Waals surface area contributed by atoms with Crippen LogP contribution in [0.15, 0.2) is 12.3 Å². The predicted molar refractivity (Wildman–Crippen MR) is 52.0 cm³/mol. The van der Waals surface area contributed by atoms with Gasteiger partial charge in [0.15, 0.2) is 0 Å². The fourth-order valence-corrected chi connectivity index (χ4v) is 2.16. The number of aromatic amines is 1. The fraction of sp³-hybridized carbons (Fsp3) is 0.375. The standard InChI is InChI=1S/C8H11NO5S/c1-2-14-15(12,13)5-7-6(8(10)11)3-4-9-7/h3-4,9H,2,5H2,1H3,(H,10,11). The average Bonchev–Trinajstić information content (AvgIpc) is 2.50. The molecule has 0 radical (unpaired) electrons. The van der Waals surface area contributed by atoms with Crippen LogP contribution in [0.4, 0.5) is 0 Å². The van der Waals surface area contributed by atoms with Gasteiger partial charge in [-0.05, 0) is 13.0 Å². The van der Waals surface area contributed by atoms with Gasteiger partial charge in [-0.25, -0.2) is 4.79 Å². The molecule has 0 fully saturated rings. The van der Waals surface area contributed by atoms with Gasteiger partial charge in [0.2, 0.25) is 0 Å². The van der Waals surface area contributed by atoms with Gasteiger partial charge in [0.1, 0.15) is 5.75 Å². The maximum atomic E-state index is 11.2. The Morgan fingerprint density at radius 1 is 1.60 bits per heavy atom. The summed E-state index contributed by atoms with van der Waals surface area (Å²) in [5, 5.41) is 8.73. The van der Waals surface area contributed by atoms with Crippen molar-refractivity contribution in [2.45, 2.75) is 12.7 Å². The van der Waals surface area contributed by atoms with Crippen LogP contribution >= 0.6 is 0 Å². The van der Waals surface area contributed by atoms with Gasteiger partial charge in [-0.2, -0.15) is 8.42 Å². The zero-order valence-corrected chi connectivity index (χ0v) is 8.87. The largest absolute Gasteiger partial charge is 0.478 e.